The van der Waals surface area contributed by atoms with E-state index in [0.29, 0.717) is 12.3 Å². The zero-order chi connectivity index (χ0) is 9.84. The highest BCUT2D eigenvalue weighted by atomic mass is 79.9. The molecule has 0 aliphatic rings. The number of halogens is 1. The summed E-state index contributed by atoms with van der Waals surface area (Å²) in [5.74, 6) is 0.362. The predicted molar refractivity (Wildman–Crippen MR) is 53.8 cm³/mol. The average molecular weight is 246 g/mol. The number of rotatable bonds is 4. The number of hydrogen-bond acceptors (Lipinski definition) is 3. The Morgan fingerprint density at radius 1 is 1.77 bits per heavy atom. The Labute approximate surface area is 85.6 Å². The molecule has 0 aliphatic carbocycles. The second-order valence-corrected chi connectivity index (χ2v) is 3.77. The number of ketones is 1. The van der Waals surface area contributed by atoms with Crippen LogP contribution in [0.1, 0.15) is 17.5 Å². The van der Waals surface area contributed by atoms with Gasteiger partial charge in [-0.25, -0.2) is 0 Å². The third-order valence-corrected chi connectivity index (χ3v) is 2.42. The van der Waals surface area contributed by atoms with E-state index in [1.807, 2.05) is 14.0 Å². The summed E-state index contributed by atoms with van der Waals surface area (Å²) in [6.45, 7) is 2.53. The smallest absolute Gasteiger partial charge is 0.203 e. The van der Waals surface area contributed by atoms with E-state index in [2.05, 4.69) is 21.2 Å². The van der Waals surface area contributed by atoms with Crippen molar-refractivity contribution in [2.45, 2.75) is 6.92 Å². The van der Waals surface area contributed by atoms with E-state index in [-0.39, 0.29) is 11.7 Å². The van der Waals surface area contributed by atoms with Crippen molar-refractivity contribution >= 4 is 21.7 Å². The molecule has 0 fully saturated rings. The molecule has 13 heavy (non-hydrogen) atoms. The van der Waals surface area contributed by atoms with Gasteiger partial charge in [0.15, 0.2) is 5.76 Å². The summed E-state index contributed by atoms with van der Waals surface area (Å²) in [4.78, 5) is 11.7. The highest BCUT2D eigenvalue weighted by Crippen LogP contribution is 2.20. The molecule has 3 nitrogen and oxygen atoms in total. The molecule has 1 heterocycles. The third-order valence-electron chi connectivity index (χ3n) is 1.80. The van der Waals surface area contributed by atoms with Crippen molar-refractivity contribution in [1.29, 1.82) is 0 Å². The number of carbonyl (C=O) groups excluding carboxylic acids is 1. The fourth-order valence-corrected chi connectivity index (χ4v) is 1.49. The number of carbonyl (C=O) groups is 1. The van der Waals surface area contributed by atoms with Crippen LogP contribution in [0.4, 0.5) is 0 Å². The Bertz CT molecular complexity index is 296. The van der Waals surface area contributed by atoms with Crippen LogP contribution in [-0.4, -0.2) is 19.4 Å². The van der Waals surface area contributed by atoms with Crippen molar-refractivity contribution in [3.8, 4) is 0 Å². The van der Waals surface area contributed by atoms with Gasteiger partial charge in [-0.3, -0.25) is 4.79 Å². The molecule has 72 valence electrons. The second-order valence-electron chi connectivity index (χ2n) is 2.92. The lowest BCUT2D eigenvalue weighted by molar-refractivity contribution is 0.0901. The molecule has 1 N–H and O–H groups in total. The molecule has 0 aliphatic heterocycles. The SMILES string of the molecule is CNCC(C)C(=O)c1occc1Br. The molecule has 0 aromatic carbocycles. The molecule has 0 spiro atoms. The summed E-state index contributed by atoms with van der Waals surface area (Å²) in [7, 11) is 1.82. The van der Waals surface area contributed by atoms with E-state index in [1.165, 1.54) is 6.26 Å². The van der Waals surface area contributed by atoms with E-state index in [9.17, 15) is 4.79 Å². The van der Waals surface area contributed by atoms with Gasteiger partial charge < -0.3 is 9.73 Å². The minimum atomic E-state index is -0.0625. The van der Waals surface area contributed by atoms with Crippen LogP contribution in [0.25, 0.3) is 0 Å². The lowest BCUT2D eigenvalue weighted by atomic mass is 10.1. The summed E-state index contributed by atoms with van der Waals surface area (Å²) in [6.07, 6.45) is 1.50. The molecule has 1 atom stereocenters. The first-order chi connectivity index (χ1) is 6.16. The van der Waals surface area contributed by atoms with E-state index >= 15 is 0 Å². The highest BCUT2D eigenvalue weighted by molar-refractivity contribution is 9.10. The minimum Gasteiger partial charge on any atom is -0.460 e. The van der Waals surface area contributed by atoms with Gasteiger partial charge in [0.1, 0.15) is 0 Å². The van der Waals surface area contributed by atoms with Crippen LogP contribution >= 0.6 is 15.9 Å². The summed E-state index contributed by atoms with van der Waals surface area (Å²) in [6, 6.07) is 1.72. The number of furan rings is 1. The van der Waals surface area contributed by atoms with Gasteiger partial charge in [-0.05, 0) is 29.0 Å². The molecule has 1 rings (SSSR count). The molecule has 4 heteroatoms. The maximum absolute atomic E-state index is 11.7. The van der Waals surface area contributed by atoms with Crippen LogP contribution in [0, 0.1) is 5.92 Å². The lowest BCUT2D eigenvalue weighted by Crippen LogP contribution is -2.23. The predicted octanol–water partition coefficient (Wildman–Crippen LogP) is 2.08. The first kappa shape index (κ1) is 10.5. The van der Waals surface area contributed by atoms with Gasteiger partial charge in [-0.15, -0.1) is 0 Å². The molecule has 1 unspecified atom stereocenters. The van der Waals surface area contributed by atoms with Gasteiger partial charge in [0.25, 0.3) is 0 Å². The maximum Gasteiger partial charge on any atom is 0.203 e. The average Bonchev–Trinajstić information content (AvgIpc) is 2.50. The fourth-order valence-electron chi connectivity index (χ4n) is 1.09. The molecule has 1 aromatic heterocycles. The standard InChI is InChI=1S/C9H12BrNO2/c1-6(5-11-2)8(12)9-7(10)3-4-13-9/h3-4,6,11H,5H2,1-2H3. The van der Waals surface area contributed by atoms with Crippen LogP contribution in [0.2, 0.25) is 0 Å². The van der Waals surface area contributed by atoms with Crippen molar-refractivity contribution in [2.24, 2.45) is 5.92 Å². The van der Waals surface area contributed by atoms with E-state index in [1.54, 1.807) is 6.07 Å². The molecular weight excluding hydrogens is 234 g/mol. The van der Waals surface area contributed by atoms with Gasteiger partial charge in [-0.1, -0.05) is 6.92 Å². The highest BCUT2D eigenvalue weighted by Gasteiger charge is 2.19. The fraction of sp³-hybridized carbons (Fsp3) is 0.444. The summed E-state index contributed by atoms with van der Waals surface area (Å²) < 4.78 is 5.79. The van der Waals surface area contributed by atoms with E-state index in [0.717, 1.165) is 4.47 Å². The third kappa shape index (κ3) is 2.42. The van der Waals surface area contributed by atoms with E-state index in [4.69, 9.17) is 4.42 Å². The topological polar surface area (TPSA) is 42.2 Å². The summed E-state index contributed by atoms with van der Waals surface area (Å²) in [5, 5.41) is 2.95. The zero-order valence-corrected chi connectivity index (χ0v) is 9.22. The van der Waals surface area contributed by atoms with Gasteiger partial charge in [-0.2, -0.15) is 0 Å². The number of nitrogens with one attached hydrogen (secondary N) is 1. The van der Waals surface area contributed by atoms with Gasteiger partial charge >= 0.3 is 0 Å². The Hall–Kier alpha value is -0.610. The van der Waals surface area contributed by atoms with Crippen LogP contribution in [0.3, 0.4) is 0 Å². The lowest BCUT2D eigenvalue weighted by Gasteiger charge is -2.07. The van der Waals surface area contributed by atoms with Crippen molar-refractivity contribution < 1.29 is 9.21 Å². The van der Waals surface area contributed by atoms with Gasteiger partial charge in [0.2, 0.25) is 5.78 Å². The van der Waals surface area contributed by atoms with Crippen LogP contribution in [0.15, 0.2) is 21.2 Å². The van der Waals surface area contributed by atoms with Gasteiger partial charge in [0.05, 0.1) is 10.7 Å². The van der Waals surface area contributed by atoms with Crippen LogP contribution < -0.4 is 5.32 Å². The molecule has 1 aromatic rings. The van der Waals surface area contributed by atoms with Gasteiger partial charge in [0, 0.05) is 12.5 Å². The summed E-state index contributed by atoms with van der Waals surface area (Å²) in [5.41, 5.74) is 0. The molecule has 0 radical (unpaired) electrons. The van der Waals surface area contributed by atoms with Crippen molar-refractivity contribution in [3.63, 3.8) is 0 Å². The molecule has 0 saturated carbocycles. The minimum absolute atomic E-state index is 0.0197. The molecular formula is C9H12BrNO2. The zero-order valence-electron chi connectivity index (χ0n) is 7.63. The quantitative estimate of drug-likeness (QED) is 0.827. The van der Waals surface area contributed by atoms with Crippen molar-refractivity contribution in [1.82, 2.24) is 5.32 Å². The monoisotopic (exact) mass is 245 g/mol. The van der Waals surface area contributed by atoms with E-state index < -0.39 is 0 Å². The number of hydrogen-bond donors (Lipinski definition) is 1. The molecule has 0 bridgehead atoms. The second kappa shape index (κ2) is 4.58. The maximum atomic E-state index is 11.7. The van der Waals surface area contributed by atoms with Crippen LogP contribution in [-0.2, 0) is 0 Å². The molecule has 0 amide bonds. The first-order valence-electron chi connectivity index (χ1n) is 4.08. The number of Topliss-reactive ketones (excluding diaryl/α,β-unsaturated/α-hetero) is 1. The Balaban J connectivity index is 2.73. The van der Waals surface area contributed by atoms with Crippen molar-refractivity contribution in [3.05, 3.63) is 22.6 Å². The molecule has 0 saturated heterocycles. The Morgan fingerprint density at radius 2 is 2.46 bits per heavy atom. The Kier molecular flexibility index (Phi) is 3.69. The summed E-state index contributed by atoms with van der Waals surface area (Å²) >= 11 is 3.25. The first-order valence-corrected chi connectivity index (χ1v) is 4.88. The normalized spacial score (nSPS) is 12.8. The Morgan fingerprint density at radius 3 is 2.92 bits per heavy atom. The van der Waals surface area contributed by atoms with Crippen molar-refractivity contribution in [2.75, 3.05) is 13.6 Å². The largest absolute Gasteiger partial charge is 0.460 e. The van der Waals surface area contributed by atoms with Crippen LogP contribution in [0.5, 0.6) is 0 Å².